The molecule has 0 aliphatic rings. The summed E-state index contributed by atoms with van der Waals surface area (Å²) < 4.78 is 14.8. The van der Waals surface area contributed by atoms with Gasteiger partial charge in [-0.3, -0.25) is 19.7 Å². The number of nitrogens with two attached hydrogens (primary N) is 1. The van der Waals surface area contributed by atoms with Gasteiger partial charge in [-0.15, -0.1) is 0 Å². The first-order chi connectivity index (χ1) is 19.0. The summed E-state index contributed by atoms with van der Waals surface area (Å²) in [7, 11) is 1.56. The Bertz CT molecular complexity index is 1530. The standard InChI is InChI=1S/C18H16FN5O3.C10H12O.C2H6/c1-10-12(4-3-5-14(10)20)15-9-23(2)18(25)17(22-15)21-11-6-7-13(19)16(8-11)24(26)27;1-8(2)10-5-3-9(7-11)4-6-10;1-2/h3-9H,20H2,1-2H3,(H,21,22);3-8H,1-2H3;1-2H3. The van der Waals surface area contributed by atoms with Crippen LogP contribution in [0, 0.1) is 22.9 Å². The number of aromatic nitrogens is 2. The van der Waals surface area contributed by atoms with Gasteiger partial charge < -0.3 is 15.6 Å². The second kappa shape index (κ2) is 14.3. The molecule has 4 rings (SSSR count). The first-order valence-electron chi connectivity index (χ1n) is 12.7. The van der Waals surface area contributed by atoms with Gasteiger partial charge in [-0.25, -0.2) is 4.98 Å². The van der Waals surface area contributed by atoms with Crippen molar-refractivity contribution < 1.29 is 14.1 Å². The lowest BCUT2D eigenvalue weighted by Crippen LogP contribution is -2.21. The highest BCUT2D eigenvalue weighted by atomic mass is 19.1. The molecule has 1 aromatic heterocycles. The van der Waals surface area contributed by atoms with Crippen molar-refractivity contribution in [2.75, 3.05) is 11.1 Å². The minimum atomic E-state index is -0.962. The van der Waals surface area contributed by atoms with Crippen molar-refractivity contribution in [3.63, 3.8) is 0 Å². The Morgan fingerprint density at radius 3 is 2.33 bits per heavy atom. The number of carbonyl (C=O) groups is 1. The molecule has 0 atom stereocenters. The molecule has 0 radical (unpaired) electrons. The monoisotopic (exact) mass is 547 g/mol. The zero-order valence-corrected chi connectivity index (χ0v) is 23.4. The van der Waals surface area contributed by atoms with Crippen LogP contribution in [0.3, 0.4) is 0 Å². The van der Waals surface area contributed by atoms with Crippen LogP contribution in [-0.2, 0) is 7.05 Å². The number of benzene rings is 3. The highest BCUT2D eigenvalue weighted by Gasteiger charge is 2.16. The van der Waals surface area contributed by atoms with E-state index in [4.69, 9.17) is 5.73 Å². The van der Waals surface area contributed by atoms with Gasteiger partial charge in [-0.05, 0) is 42.2 Å². The van der Waals surface area contributed by atoms with E-state index < -0.39 is 22.0 Å². The Labute approximate surface area is 232 Å². The number of nitrogen functional groups attached to an aromatic ring is 1. The molecular formula is C30H34FN5O4. The van der Waals surface area contributed by atoms with E-state index in [1.165, 1.54) is 16.2 Å². The second-order valence-corrected chi connectivity index (χ2v) is 8.90. The molecule has 40 heavy (non-hydrogen) atoms. The van der Waals surface area contributed by atoms with Gasteiger partial charge >= 0.3 is 5.69 Å². The van der Waals surface area contributed by atoms with Crippen LogP contribution >= 0.6 is 0 Å². The lowest BCUT2D eigenvalue weighted by atomic mass is 10.0. The Morgan fingerprint density at radius 1 is 1.10 bits per heavy atom. The highest BCUT2D eigenvalue weighted by Crippen LogP contribution is 2.27. The lowest BCUT2D eigenvalue weighted by molar-refractivity contribution is -0.387. The van der Waals surface area contributed by atoms with Crippen molar-refractivity contribution >= 4 is 29.2 Å². The van der Waals surface area contributed by atoms with Gasteiger partial charge in [0.05, 0.1) is 10.6 Å². The van der Waals surface area contributed by atoms with E-state index in [0.717, 1.165) is 35.1 Å². The number of rotatable bonds is 6. The number of nitro groups is 1. The predicted octanol–water partition coefficient (Wildman–Crippen LogP) is 6.78. The zero-order valence-electron chi connectivity index (χ0n) is 23.4. The Morgan fingerprint density at radius 2 is 1.75 bits per heavy atom. The Hall–Kier alpha value is -4.86. The molecule has 10 heteroatoms. The largest absolute Gasteiger partial charge is 0.398 e. The van der Waals surface area contributed by atoms with Gasteiger partial charge in [0.2, 0.25) is 5.82 Å². The molecule has 4 aromatic rings. The van der Waals surface area contributed by atoms with E-state index in [9.17, 15) is 24.1 Å². The topological polar surface area (TPSA) is 133 Å². The van der Waals surface area contributed by atoms with Gasteiger partial charge in [0.1, 0.15) is 6.29 Å². The minimum absolute atomic E-state index is 0.0438. The van der Waals surface area contributed by atoms with Crippen molar-refractivity contribution in [3.8, 4) is 11.3 Å². The number of halogens is 1. The van der Waals surface area contributed by atoms with Gasteiger partial charge in [0.15, 0.2) is 5.82 Å². The van der Waals surface area contributed by atoms with E-state index in [1.807, 2.05) is 51.1 Å². The van der Waals surface area contributed by atoms with Crippen LogP contribution in [0.1, 0.15) is 55.1 Å². The molecule has 0 amide bonds. The number of nitro benzene ring substituents is 1. The quantitative estimate of drug-likeness (QED) is 0.118. The average molecular weight is 548 g/mol. The predicted molar refractivity (Wildman–Crippen MR) is 158 cm³/mol. The molecule has 0 aliphatic carbocycles. The lowest BCUT2D eigenvalue weighted by Gasteiger charge is -2.12. The molecule has 0 saturated carbocycles. The maximum Gasteiger partial charge on any atom is 0.306 e. The second-order valence-electron chi connectivity index (χ2n) is 8.90. The third-order valence-electron chi connectivity index (χ3n) is 5.87. The number of carbonyl (C=O) groups excluding carboxylic acids is 1. The van der Waals surface area contributed by atoms with Gasteiger partial charge in [0, 0.05) is 41.8 Å². The van der Waals surface area contributed by atoms with Gasteiger partial charge in [-0.2, -0.15) is 4.39 Å². The van der Waals surface area contributed by atoms with E-state index >= 15 is 0 Å². The fraction of sp³-hybridized carbons (Fsp3) is 0.233. The summed E-state index contributed by atoms with van der Waals surface area (Å²) in [5.41, 5.74) is 9.65. The van der Waals surface area contributed by atoms with E-state index in [0.29, 0.717) is 17.3 Å². The summed E-state index contributed by atoms with van der Waals surface area (Å²) in [6.45, 7) is 10.1. The first-order valence-corrected chi connectivity index (χ1v) is 12.7. The molecule has 0 unspecified atom stereocenters. The molecule has 3 aromatic carbocycles. The van der Waals surface area contributed by atoms with Crippen molar-refractivity contribution in [1.82, 2.24) is 9.55 Å². The van der Waals surface area contributed by atoms with Crippen LogP contribution in [-0.4, -0.2) is 20.8 Å². The first kappa shape index (κ1) is 31.4. The van der Waals surface area contributed by atoms with Crippen molar-refractivity contribution in [1.29, 1.82) is 0 Å². The van der Waals surface area contributed by atoms with E-state index in [2.05, 4.69) is 24.1 Å². The van der Waals surface area contributed by atoms with Crippen LogP contribution in [0.5, 0.6) is 0 Å². The smallest absolute Gasteiger partial charge is 0.306 e. The molecule has 1 heterocycles. The van der Waals surface area contributed by atoms with Crippen molar-refractivity contribution in [2.24, 2.45) is 7.05 Å². The van der Waals surface area contributed by atoms with E-state index in [-0.39, 0.29) is 11.5 Å². The summed E-state index contributed by atoms with van der Waals surface area (Å²) >= 11 is 0. The van der Waals surface area contributed by atoms with Crippen LogP contribution in [0.4, 0.5) is 27.3 Å². The molecule has 0 aliphatic heterocycles. The molecule has 0 saturated heterocycles. The van der Waals surface area contributed by atoms with Crippen LogP contribution < -0.4 is 16.6 Å². The molecule has 210 valence electrons. The summed E-state index contributed by atoms with van der Waals surface area (Å²) in [4.78, 5) is 37.1. The number of hydrogen-bond donors (Lipinski definition) is 2. The van der Waals surface area contributed by atoms with Crippen LogP contribution in [0.15, 0.2) is 71.7 Å². The number of hydrogen-bond acceptors (Lipinski definition) is 7. The number of aryl methyl sites for hydroxylation is 1. The number of nitrogens with zero attached hydrogens (tertiary/aromatic N) is 3. The number of aldehydes is 1. The fourth-order valence-electron chi connectivity index (χ4n) is 3.57. The SMILES string of the molecule is CC.CC(C)c1ccc(C=O)cc1.Cc1c(N)cccc1-c1cn(C)c(=O)c(Nc2ccc(F)c([N+](=O)[O-])c2)n1. The number of anilines is 3. The maximum atomic E-state index is 13.5. The summed E-state index contributed by atoms with van der Waals surface area (Å²) in [6, 6.07) is 16.3. The van der Waals surface area contributed by atoms with E-state index in [1.54, 1.807) is 25.4 Å². The minimum Gasteiger partial charge on any atom is -0.398 e. The number of nitrogens with one attached hydrogen (secondary N) is 1. The molecule has 0 fully saturated rings. The van der Waals surface area contributed by atoms with Gasteiger partial charge in [-0.1, -0.05) is 64.1 Å². The Kier molecular flexibility index (Phi) is 11.2. The third kappa shape index (κ3) is 7.83. The fourth-order valence-corrected chi connectivity index (χ4v) is 3.57. The molecular weight excluding hydrogens is 513 g/mol. The van der Waals surface area contributed by atoms with Crippen LogP contribution in [0.2, 0.25) is 0 Å². The highest BCUT2D eigenvalue weighted by molar-refractivity contribution is 5.74. The normalized spacial score (nSPS) is 10.1. The molecule has 3 N–H and O–H groups in total. The van der Waals surface area contributed by atoms with Crippen molar-refractivity contribution in [3.05, 3.63) is 110 Å². The summed E-state index contributed by atoms with van der Waals surface area (Å²) in [6.07, 6.45) is 2.44. The Balaban J connectivity index is 0.000000360. The summed E-state index contributed by atoms with van der Waals surface area (Å²) in [5, 5.41) is 13.6. The zero-order chi connectivity index (χ0) is 30.0. The van der Waals surface area contributed by atoms with Crippen LogP contribution in [0.25, 0.3) is 11.3 Å². The van der Waals surface area contributed by atoms with Crippen molar-refractivity contribution in [2.45, 2.75) is 40.5 Å². The maximum absolute atomic E-state index is 13.5. The molecule has 0 bridgehead atoms. The average Bonchev–Trinajstić information content (AvgIpc) is 2.95. The molecule has 0 spiro atoms. The molecule has 9 nitrogen and oxygen atoms in total. The summed E-state index contributed by atoms with van der Waals surface area (Å²) in [5.74, 6) is -0.469. The third-order valence-corrected chi connectivity index (χ3v) is 5.87. The van der Waals surface area contributed by atoms with Gasteiger partial charge in [0.25, 0.3) is 5.56 Å².